The third-order valence-corrected chi connectivity index (χ3v) is 2.68. The molecule has 3 nitrogen and oxygen atoms in total. The average Bonchev–Trinajstić information content (AvgIpc) is 2.38. The minimum absolute atomic E-state index is 0.135. The first-order valence-electron chi connectivity index (χ1n) is 6.14. The molecule has 3 heteroatoms. The van der Waals surface area contributed by atoms with Gasteiger partial charge in [-0.15, -0.1) is 0 Å². The second kappa shape index (κ2) is 7.98. The summed E-state index contributed by atoms with van der Waals surface area (Å²) in [4.78, 5) is 11.4. The molecule has 0 aliphatic carbocycles. The Morgan fingerprint density at radius 3 is 2.71 bits per heavy atom. The van der Waals surface area contributed by atoms with Crippen molar-refractivity contribution < 1.29 is 9.53 Å². The smallest absolute Gasteiger partial charge is 0.149 e. The number of carbonyl (C=O) groups is 1. The van der Waals surface area contributed by atoms with Gasteiger partial charge in [0.2, 0.25) is 0 Å². The predicted molar refractivity (Wildman–Crippen MR) is 68.6 cm³/mol. The van der Waals surface area contributed by atoms with Crippen LogP contribution >= 0.6 is 0 Å². The highest BCUT2D eigenvalue weighted by Crippen LogP contribution is 2.02. The lowest BCUT2D eigenvalue weighted by atomic mass is 10.1. The molecule has 0 aliphatic rings. The average molecular weight is 235 g/mol. The van der Waals surface area contributed by atoms with Crippen molar-refractivity contribution in [3.05, 3.63) is 35.9 Å². The van der Waals surface area contributed by atoms with E-state index in [0.717, 1.165) is 12.0 Å². The van der Waals surface area contributed by atoms with Gasteiger partial charge in [0.05, 0.1) is 12.6 Å². The second-order valence-corrected chi connectivity index (χ2v) is 4.12. The summed E-state index contributed by atoms with van der Waals surface area (Å²) in [5.74, 6) is 0.135. The van der Waals surface area contributed by atoms with E-state index in [0.29, 0.717) is 26.1 Å². The molecule has 0 saturated carbocycles. The van der Waals surface area contributed by atoms with Crippen molar-refractivity contribution in [2.45, 2.75) is 38.8 Å². The quantitative estimate of drug-likeness (QED) is 0.703. The number of hydrogen-bond acceptors (Lipinski definition) is 3. The highest BCUT2D eigenvalue weighted by atomic mass is 16.5. The zero-order valence-corrected chi connectivity index (χ0v) is 10.4. The third kappa shape index (κ3) is 5.61. The molecule has 0 fully saturated rings. The molecule has 0 bridgehead atoms. The van der Waals surface area contributed by atoms with E-state index in [9.17, 15) is 4.79 Å². The van der Waals surface area contributed by atoms with Crippen molar-refractivity contribution in [3.63, 3.8) is 0 Å². The molecule has 0 saturated heterocycles. The van der Waals surface area contributed by atoms with Gasteiger partial charge in [0.25, 0.3) is 0 Å². The summed E-state index contributed by atoms with van der Waals surface area (Å²) in [6.45, 7) is 3.14. The first-order chi connectivity index (χ1) is 8.24. The number of Topliss-reactive ketones (excluding diaryl/α,β-unsaturated/α-hetero) is 1. The first kappa shape index (κ1) is 13.9. The normalized spacial score (nSPS) is 12.4. The molecule has 0 amide bonds. The fraction of sp³-hybridized carbons (Fsp3) is 0.500. The van der Waals surface area contributed by atoms with Crippen LogP contribution in [0.15, 0.2) is 30.3 Å². The SMILES string of the molecule is CC[C@@H](N)C(=O)CCCOCc1ccccc1. The van der Waals surface area contributed by atoms with E-state index in [1.807, 2.05) is 37.3 Å². The van der Waals surface area contributed by atoms with E-state index < -0.39 is 0 Å². The number of ketones is 1. The van der Waals surface area contributed by atoms with Crippen LogP contribution < -0.4 is 5.73 Å². The van der Waals surface area contributed by atoms with Crippen molar-refractivity contribution in [1.29, 1.82) is 0 Å². The number of rotatable bonds is 8. The summed E-state index contributed by atoms with van der Waals surface area (Å²) < 4.78 is 5.49. The number of ether oxygens (including phenoxy) is 1. The van der Waals surface area contributed by atoms with Crippen LogP contribution in [0.1, 0.15) is 31.7 Å². The summed E-state index contributed by atoms with van der Waals surface area (Å²) >= 11 is 0. The van der Waals surface area contributed by atoms with Gasteiger partial charge in [0, 0.05) is 13.0 Å². The molecule has 17 heavy (non-hydrogen) atoms. The van der Waals surface area contributed by atoms with Gasteiger partial charge in [-0.05, 0) is 18.4 Å². The number of benzene rings is 1. The molecule has 0 radical (unpaired) electrons. The standard InChI is InChI=1S/C14H21NO2/c1-2-13(15)14(16)9-6-10-17-11-12-7-4-3-5-8-12/h3-5,7-8,13H,2,6,9-11,15H2,1H3/t13-/m1/s1. The maximum Gasteiger partial charge on any atom is 0.149 e. The lowest BCUT2D eigenvalue weighted by molar-refractivity contribution is -0.120. The van der Waals surface area contributed by atoms with E-state index >= 15 is 0 Å². The Hall–Kier alpha value is -1.19. The first-order valence-corrected chi connectivity index (χ1v) is 6.14. The van der Waals surface area contributed by atoms with E-state index in [4.69, 9.17) is 10.5 Å². The Morgan fingerprint density at radius 2 is 2.06 bits per heavy atom. The van der Waals surface area contributed by atoms with E-state index in [1.54, 1.807) is 0 Å². The molecule has 1 aromatic rings. The van der Waals surface area contributed by atoms with E-state index in [1.165, 1.54) is 0 Å². The Kier molecular flexibility index (Phi) is 6.51. The van der Waals surface area contributed by atoms with Gasteiger partial charge in [0.1, 0.15) is 5.78 Å². The minimum atomic E-state index is -0.302. The number of carbonyl (C=O) groups excluding carboxylic acids is 1. The van der Waals surface area contributed by atoms with Crippen LogP contribution in [0.3, 0.4) is 0 Å². The minimum Gasteiger partial charge on any atom is -0.377 e. The Bertz CT molecular complexity index is 324. The maximum absolute atomic E-state index is 11.4. The Balaban J connectivity index is 2.07. The van der Waals surface area contributed by atoms with E-state index in [2.05, 4.69) is 0 Å². The Morgan fingerprint density at radius 1 is 1.35 bits per heavy atom. The fourth-order valence-electron chi connectivity index (χ4n) is 1.53. The zero-order valence-electron chi connectivity index (χ0n) is 10.4. The van der Waals surface area contributed by atoms with Crippen molar-refractivity contribution in [1.82, 2.24) is 0 Å². The van der Waals surface area contributed by atoms with Gasteiger partial charge in [-0.25, -0.2) is 0 Å². The number of hydrogen-bond donors (Lipinski definition) is 1. The van der Waals surface area contributed by atoms with Crippen LogP contribution in [-0.2, 0) is 16.1 Å². The van der Waals surface area contributed by atoms with Gasteiger partial charge in [-0.2, -0.15) is 0 Å². The van der Waals surface area contributed by atoms with Crippen LogP contribution in [0.4, 0.5) is 0 Å². The summed E-state index contributed by atoms with van der Waals surface area (Å²) in [6.07, 6.45) is 1.98. The number of nitrogens with two attached hydrogens (primary N) is 1. The molecule has 0 spiro atoms. The van der Waals surface area contributed by atoms with Crippen molar-refractivity contribution in [2.24, 2.45) is 5.73 Å². The molecule has 0 unspecified atom stereocenters. The molecule has 1 aromatic carbocycles. The Labute approximate surface area is 103 Å². The lowest BCUT2D eigenvalue weighted by Crippen LogP contribution is -2.29. The van der Waals surface area contributed by atoms with Crippen LogP contribution in [0.25, 0.3) is 0 Å². The van der Waals surface area contributed by atoms with Gasteiger partial charge in [-0.3, -0.25) is 4.79 Å². The van der Waals surface area contributed by atoms with E-state index in [-0.39, 0.29) is 11.8 Å². The molecule has 2 N–H and O–H groups in total. The predicted octanol–water partition coefficient (Wildman–Crippen LogP) is 2.29. The summed E-state index contributed by atoms with van der Waals surface area (Å²) in [5.41, 5.74) is 6.79. The van der Waals surface area contributed by atoms with Crippen LogP contribution in [-0.4, -0.2) is 18.4 Å². The lowest BCUT2D eigenvalue weighted by Gasteiger charge is -2.07. The van der Waals surface area contributed by atoms with Crippen molar-refractivity contribution in [3.8, 4) is 0 Å². The monoisotopic (exact) mass is 235 g/mol. The van der Waals surface area contributed by atoms with Gasteiger partial charge in [0.15, 0.2) is 0 Å². The van der Waals surface area contributed by atoms with Crippen LogP contribution in [0, 0.1) is 0 Å². The van der Waals surface area contributed by atoms with Gasteiger partial charge in [-0.1, -0.05) is 37.3 Å². The second-order valence-electron chi connectivity index (χ2n) is 4.12. The zero-order chi connectivity index (χ0) is 12.5. The van der Waals surface area contributed by atoms with Crippen molar-refractivity contribution in [2.75, 3.05) is 6.61 Å². The van der Waals surface area contributed by atoms with Gasteiger partial charge >= 0.3 is 0 Å². The fourth-order valence-corrected chi connectivity index (χ4v) is 1.53. The third-order valence-electron chi connectivity index (χ3n) is 2.68. The molecular formula is C14H21NO2. The van der Waals surface area contributed by atoms with Gasteiger partial charge < -0.3 is 10.5 Å². The molecule has 0 heterocycles. The largest absolute Gasteiger partial charge is 0.377 e. The molecular weight excluding hydrogens is 214 g/mol. The van der Waals surface area contributed by atoms with Crippen LogP contribution in [0.2, 0.25) is 0 Å². The van der Waals surface area contributed by atoms with Crippen molar-refractivity contribution >= 4 is 5.78 Å². The molecule has 94 valence electrons. The topological polar surface area (TPSA) is 52.3 Å². The molecule has 0 aliphatic heterocycles. The molecule has 1 rings (SSSR count). The summed E-state index contributed by atoms with van der Waals surface area (Å²) in [5, 5.41) is 0. The summed E-state index contributed by atoms with van der Waals surface area (Å²) in [6, 6.07) is 9.71. The van der Waals surface area contributed by atoms with Crippen LogP contribution in [0.5, 0.6) is 0 Å². The summed E-state index contributed by atoms with van der Waals surface area (Å²) in [7, 11) is 0. The highest BCUT2D eigenvalue weighted by Gasteiger charge is 2.09. The molecule has 1 atom stereocenters. The maximum atomic E-state index is 11.4. The molecule has 0 aromatic heterocycles. The highest BCUT2D eigenvalue weighted by molar-refractivity contribution is 5.83.